The Kier molecular flexibility index (Phi) is 5.39. The van der Waals surface area contributed by atoms with Crippen LogP contribution in [0.2, 0.25) is 0 Å². The van der Waals surface area contributed by atoms with E-state index in [9.17, 15) is 8.42 Å². The van der Waals surface area contributed by atoms with Crippen LogP contribution >= 0.6 is 0 Å². The molecule has 0 amide bonds. The Balaban J connectivity index is 1.99. The number of aromatic nitrogens is 2. The van der Waals surface area contributed by atoms with E-state index in [1.165, 1.54) is 7.11 Å². The fourth-order valence-corrected chi connectivity index (χ4v) is 4.50. The van der Waals surface area contributed by atoms with E-state index in [4.69, 9.17) is 9.26 Å². The summed E-state index contributed by atoms with van der Waals surface area (Å²) in [5, 5.41) is 3.94. The first-order valence-electron chi connectivity index (χ1n) is 8.57. The van der Waals surface area contributed by atoms with Gasteiger partial charge in [-0.2, -0.15) is 9.29 Å². The maximum absolute atomic E-state index is 12.9. The number of nitrogens with zero attached hydrogens (tertiary/aromatic N) is 3. The lowest BCUT2D eigenvalue weighted by molar-refractivity contribution is 0.346. The van der Waals surface area contributed by atoms with Gasteiger partial charge in [0.05, 0.1) is 17.6 Å². The Morgan fingerprint density at radius 2 is 2.00 bits per heavy atom. The molecule has 0 N–H and O–H groups in total. The molecule has 3 rings (SSSR count). The summed E-state index contributed by atoms with van der Waals surface area (Å²) >= 11 is 0. The zero-order valence-corrected chi connectivity index (χ0v) is 15.4. The number of methoxy groups -OCH3 is 1. The van der Waals surface area contributed by atoms with Crippen LogP contribution in [0.3, 0.4) is 0 Å². The average Bonchev–Trinajstić information content (AvgIpc) is 3.10. The molecule has 0 saturated carbocycles. The Labute approximate surface area is 148 Å². The Morgan fingerprint density at radius 3 is 2.68 bits per heavy atom. The second-order valence-corrected chi connectivity index (χ2v) is 8.03. The summed E-state index contributed by atoms with van der Waals surface area (Å²) in [5.74, 6) is 1.38. The number of sulfonamides is 1. The van der Waals surface area contributed by atoms with Crippen LogP contribution in [0.1, 0.15) is 38.4 Å². The highest BCUT2D eigenvalue weighted by molar-refractivity contribution is 7.89. The molecule has 8 heteroatoms. The summed E-state index contributed by atoms with van der Waals surface area (Å²) in [4.78, 5) is 4.57. The molecule has 0 bridgehead atoms. The van der Waals surface area contributed by atoms with E-state index in [2.05, 4.69) is 10.1 Å². The molecule has 2 heterocycles. The van der Waals surface area contributed by atoms with Crippen LogP contribution in [0.5, 0.6) is 5.75 Å². The van der Waals surface area contributed by atoms with Crippen LogP contribution in [0, 0.1) is 0 Å². The van der Waals surface area contributed by atoms with Gasteiger partial charge in [0.1, 0.15) is 5.75 Å². The fraction of sp³-hybridized carbons (Fsp3) is 0.529. The van der Waals surface area contributed by atoms with E-state index in [1.54, 1.807) is 22.5 Å². The number of piperidine rings is 1. The highest BCUT2D eigenvalue weighted by Crippen LogP contribution is 2.32. The molecule has 2 aromatic rings. The molecule has 0 aliphatic carbocycles. The highest BCUT2D eigenvalue weighted by atomic mass is 32.2. The quantitative estimate of drug-likeness (QED) is 0.782. The van der Waals surface area contributed by atoms with Crippen LogP contribution in [0.15, 0.2) is 27.6 Å². The van der Waals surface area contributed by atoms with Crippen molar-refractivity contribution in [2.45, 2.75) is 43.9 Å². The zero-order chi connectivity index (χ0) is 17.9. The number of benzene rings is 1. The molecule has 7 nitrogen and oxygen atoms in total. The number of ether oxygens (including phenoxy) is 1. The van der Waals surface area contributed by atoms with Crippen molar-refractivity contribution in [2.75, 3.05) is 20.2 Å². The van der Waals surface area contributed by atoms with Gasteiger partial charge in [-0.1, -0.05) is 18.5 Å². The first-order chi connectivity index (χ1) is 12.1. The van der Waals surface area contributed by atoms with Crippen molar-refractivity contribution in [1.29, 1.82) is 0 Å². The van der Waals surface area contributed by atoms with Gasteiger partial charge in [-0.25, -0.2) is 8.42 Å². The van der Waals surface area contributed by atoms with Crippen molar-refractivity contribution < 1.29 is 17.7 Å². The van der Waals surface area contributed by atoms with Crippen molar-refractivity contribution in [3.8, 4) is 17.2 Å². The van der Waals surface area contributed by atoms with Gasteiger partial charge in [0.2, 0.25) is 10.0 Å². The summed E-state index contributed by atoms with van der Waals surface area (Å²) in [6.45, 7) is 3.15. The molecule has 1 fully saturated rings. The van der Waals surface area contributed by atoms with E-state index in [-0.39, 0.29) is 10.8 Å². The van der Waals surface area contributed by atoms with Gasteiger partial charge in [0.15, 0.2) is 5.82 Å². The highest BCUT2D eigenvalue weighted by Gasteiger charge is 2.27. The summed E-state index contributed by atoms with van der Waals surface area (Å²) in [5.41, 5.74) is 0.496. The van der Waals surface area contributed by atoms with E-state index < -0.39 is 10.0 Å². The Bertz CT molecular complexity index is 826. The fourth-order valence-electron chi connectivity index (χ4n) is 2.96. The van der Waals surface area contributed by atoms with Crippen LogP contribution in [0.4, 0.5) is 0 Å². The predicted molar refractivity (Wildman–Crippen MR) is 92.9 cm³/mol. The van der Waals surface area contributed by atoms with Crippen LogP contribution in [-0.4, -0.2) is 43.1 Å². The normalized spacial score (nSPS) is 16.1. The second-order valence-electron chi connectivity index (χ2n) is 6.09. The van der Waals surface area contributed by atoms with E-state index in [1.807, 2.05) is 6.92 Å². The maximum Gasteiger partial charge on any atom is 0.261 e. The van der Waals surface area contributed by atoms with Gasteiger partial charge in [-0.15, -0.1) is 0 Å². The molecule has 1 aliphatic rings. The first kappa shape index (κ1) is 17.9. The van der Waals surface area contributed by atoms with Crippen LogP contribution in [0.25, 0.3) is 11.5 Å². The van der Waals surface area contributed by atoms with Crippen LogP contribution < -0.4 is 4.74 Å². The molecule has 1 aromatic heterocycles. The molecule has 0 unspecified atom stereocenters. The summed E-state index contributed by atoms with van der Waals surface area (Å²) in [7, 11) is -2.00. The van der Waals surface area contributed by atoms with Gasteiger partial charge in [0, 0.05) is 19.5 Å². The third kappa shape index (κ3) is 3.69. The smallest absolute Gasteiger partial charge is 0.261 e. The molecule has 0 spiro atoms. The lowest BCUT2D eigenvalue weighted by atomic mass is 10.2. The second kappa shape index (κ2) is 7.53. The van der Waals surface area contributed by atoms with Crippen molar-refractivity contribution >= 4 is 10.0 Å². The Hall–Kier alpha value is -1.93. The third-order valence-corrected chi connectivity index (χ3v) is 6.19. The van der Waals surface area contributed by atoms with Crippen molar-refractivity contribution in [2.24, 2.45) is 0 Å². The molecule has 0 radical (unpaired) electrons. The molecular weight excluding hydrogens is 342 g/mol. The molecular formula is C17H23N3O4S. The first-order valence-corrected chi connectivity index (χ1v) is 10.0. The minimum atomic E-state index is -3.53. The molecule has 0 atom stereocenters. The monoisotopic (exact) mass is 365 g/mol. The third-order valence-electron chi connectivity index (χ3n) is 4.30. The zero-order valence-electron chi connectivity index (χ0n) is 14.6. The predicted octanol–water partition coefficient (Wildman–Crippen LogP) is 2.87. The maximum atomic E-state index is 12.9. The number of aryl methyl sites for hydroxylation is 1. The average molecular weight is 365 g/mol. The lowest BCUT2D eigenvalue weighted by Gasteiger charge is -2.26. The van der Waals surface area contributed by atoms with Gasteiger partial charge >= 0.3 is 0 Å². The van der Waals surface area contributed by atoms with Crippen molar-refractivity contribution in [1.82, 2.24) is 14.4 Å². The molecule has 1 aliphatic heterocycles. The van der Waals surface area contributed by atoms with Crippen molar-refractivity contribution in [3.05, 3.63) is 24.0 Å². The Morgan fingerprint density at radius 1 is 1.24 bits per heavy atom. The standard InChI is InChI=1S/C17H23N3O4S/c1-3-7-16-18-17(24-19-16)14-12-13(8-9-15(14)23-2)25(21,22)20-10-5-4-6-11-20/h8-9,12H,3-7,10-11H2,1-2H3. The van der Waals surface area contributed by atoms with Gasteiger partial charge < -0.3 is 9.26 Å². The number of hydrogen-bond acceptors (Lipinski definition) is 6. The minimum absolute atomic E-state index is 0.223. The van der Waals surface area contributed by atoms with Crippen molar-refractivity contribution in [3.63, 3.8) is 0 Å². The largest absolute Gasteiger partial charge is 0.496 e. The van der Waals surface area contributed by atoms with Gasteiger partial charge in [0.25, 0.3) is 5.89 Å². The minimum Gasteiger partial charge on any atom is -0.496 e. The van der Waals surface area contributed by atoms with E-state index in [0.717, 1.165) is 25.7 Å². The SMILES string of the molecule is CCCc1noc(-c2cc(S(=O)(=O)N3CCCCC3)ccc2OC)n1. The van der Waals surface area contributed by atoms with Gasteiger partial charge in [-0.05, 0) is 37.5 Å². The summed E-state index contributed by atoms with van der Waals surface area (Å²) in [6.07, 6.45) is 4.47. The van der Waals surface area contributed by atoms with Crippen LogP contribution in [-0.2, 0) is 16.4 Å². The van der Waals surface area contributed by atoms with Gasteiger partial charge in [-0.3, -0.25) is 0 Å². The van der Waals surface area contributed by atoms with E-state index in [0.29, 0.717) is 36.6 Å². The topological polar surface area (TPSA) is 85.5 Å². The molecule has 136 valence electrons. The molecule has 25 heavy (non-hydrogen) atoms. The molecule has 1 saturated heterocycles. The lowest BCUT2D eigenvalue weighted by Crippen LogP contribution is -2.35. The molecule has 1 aromatic carbocycles. The summed E-state index contributed by atoms with van der Waals surface area (Å²) in [6, 6.07) is 4.76. The number of rotatable bonds is 6. The number of hydrogen-bond donors (Lipinski definition) is 0. The summed E-state index contributed by atoms with van der Waals surface area (Å²) < 4.78 is 38.0. The van der Waals surface area contributed by atoms with E-state index >= 15 is 0 Å².